The van der Waals surface area contributed by atoms with E-state index in [1.54, 1.807) is 6.08 Å². The number of rotatable bonds is 5. The summed E-state index contributed by atoms with van der Waals surface area (Å²) in [4.78, 5) is 12.4. The number of hydrogen-bond donors (Lipinski definition) is 1. The number of benzene rings is 2. The Labute approximate surface area is 158 Å². The topological polar surface area (TPSA) is 57.8 Å². The van der Waals surface area contributed by atoms with Crippen LogP contribution < -0.4 is 5.32 Å². The summed E-state index contributed by atoms with van der Waals surface area (Å²) in [6.07, 6.45) is 9.30. The van der Waals surface area contributed by atoms with Gasteiger partial charge in [-0.1, -0.05) is 24.3 Å². The van der Waals surface area contributed by atoms with Crippen LogP contribution in [0.3, 0.4) is 0 Å². The van der Waals surface area contributed by atoms with Crippen molar-refractivity contribution < 1.29 is 4.79 Å². The maximum atomic E-state index is 12.4. The minimum atomic E-state index is -0.137. The Kier molecular flexibility index (Phi) is 4.76. The van der Waals surface area contributed by atoms with Crippen LogP contribution in [0.5, 0.6) is 0 Å². The summed E-state index contributed by atoms with van der Waals surface area (Å²) < 4.78 is 2.07. The van der Waals surface area contributed by atoms with Gasteiger partial charge in [-0.15, -0.1) is 0 Å². The molecule has 1 heterocycles. The van der Waals surface area contributed by atoms with Gasteiger partial charge in [0.1, 0.15) is 0 Å². The van der Waals surface area contributed by atoms with Crippen LogP contribution in [-0.2, 0) is 24.2 Å². The van der Waals surface area contributed by atoms with E-state index in [2.05, 4.69) is 28.1 Å². The Hall–Kier alpha value is -3.32. The lowest BCUT2D eigenvalue weighted by Crippen LogP contribution is -2.08. The Bertz CT molecular complexity index is 1070. The number of aryl methyl sites for hydroxylation is 3. The molecule has 0 fully saturated rings. The minimum Gasteiger partial charge on any atom is -0.346 e. The van der Waals surface area contributed by atoms with E-state index in [1.807, 2.05) is 42.6 Å². The molecule has 1 aliphatic carbocycles. The summed E-state index contributed by atoms with van der Waals surface area (Å²) in [6, 6.07) is 16.4. The maximum Gasteiger partial charge on any atom is 0.248 e. The average Bonchev–Trinajstić information content (AvgIpc) is 3.29. The fourth-order valence-electron chi connectivity index (χ4n) is 3.76. The number of fused-ring (bicyclic) bond motifs is 2. The molecule has 1 amide bonds. The molecule has 0 aliphatic heterocycles. The standard InChI is InChI=1S/C23H21N3O/c24-13-4-14-26-16-19(21-7-1-2-8-22(21)26)10-12-23(27)25-20-11-9-17-5-3-6-18(17)15-20/h1-2,7-12,15-16H,3-6,14H2,(H,25,27)/b12-10+. The first kappa shape index (κ1) is 17.1. The van der Waals surface area contributed by atoms with Gasteiger partial charge < -0.3 is 9.88 Å². The minimum absolute atomic E-state index is 0.137. The fourth-order valence-corrected chi connectivity index (χ4v) is 3.76. The zero-order valence-electron chi connectivity index (χ0n) is 15.1. The lowest BCUT2D eigenvalue weighted by atomic mass is 10.1. The second-order valence-corrected chi connectivity index (χ2v) is 6.86. The molecular weight excluding hydrogens is 334 g/mol. The van der Waals surface area contributed by atoms with Crippen LogP contribution in [0.1, 0.15) is 29.5 Å². The van der Waals surface area contributed by atoms with Gasteiger partial charge in [0.2, 0.25) is 5.91 Å². The molecule has 0 unspecified atom stereocenters. The van der Waals surface area contributed by atoms with Gasteiger partial charge in [-0.05, 0) is 54.7 Å². The number of nitrogens with one attached hydrogen (secondary N) is 1. The number of nitriles is 1. The van der Waals surface area contributed by atoms with Crippen LogP contribution in [0, 0.1) is 11.3 Å². The molecule has 0 spiro atoms. The monoisotopic (exact) mass is 355 g/mol. The van der Waals surface area contributed by atoms with Gasteiger partial charge in [-0.2, -0.15) is 5.26 Å². The van der Waals surface area contributed by atoms with Crippen molar-refractivity contribution in [3.05, 3.63) is 71.4 Å². The molecule has 0 radical (unpaired) electrons. The predicted molar refractivity (Wildman–Crippen MR) is 108 cm³/mol. The fraction of sp³-hybridized carbons (Fsp3) is 0.217. The van der Waals surface area contributed by atoms with Gasteiger partial charge in [0, 0.05) is 41.0 Å². The van der Waals surface area contributed by atoms with Crippen molar-refractivity contribution in [3.63, 3.8) is 0 Å². The molecule has 2 aromatic carbocycles. The lowest BCUT2D eigenvalue weighted by molar-refractivity contribution is -0.111. The SMILES string of the molecule is N#CCCn1cc(/C=C/C(=O)Nc2ccc3c(c2)CCC3)c2ccccc21. The molecule has 27 heavy (non-hydrogen) atoms. The number of carbonyl (C=O) groups is 1. The molecule has 1 aromatic heterocycles. The van der Waals surface area contributed by atoms with Crippen molar-refractivity contribution in [2.45, 2.75) is 32.2 Å². The highest BCUT2D eigenvalue weighted by Gasteiger charge is 2.11. The maximum absolute atomic E-state index is 12.4. The summed E-state index contributed by atoms with van der Waals surface area (Å²) in [7, 11) is 0. The van der Waals surface area contributed by atoms with E-state index in [-0.39, 0.29) is 5.91 Å². The van der Waals surface area contributed by atoms with Crippen LogP contribution in [0.4, 0.5) is 5.69 Å². The number of anilines is 1. The zero-order chi connectivity index (χ0) is 18.6. The number of carbonyl (C=O) groups excluding carboxylic acids is 1. The molecule has 1 N–H and O–H groups in total. The molecule has 4 rings (SSSR count). The van der Waals surface area contributed by atoms with Crippen molar-refractivity contribution in [3.8, 4) is 6.07 Å². The molecule has 3 aromatic rings. The van der Waals surface area contributed by atoms with Crippen molar-refractivity contribution in [2.75, 3.05) is 5.32 Å². The Morgan fingerprint density at radius 2 is 2.04 bits per heavy atom. The second kappa shape index (κ2) is 7.51. The molecule has 0 atom stereocenters. The summed E-state index contributed by atoms with van der Waals surface area (Å²) in [5.41, 5.74) is 5.65. The third-order valence-corrected chi connectivity index (χ3v) is 5.06. The second-order valence-electron chi connectivity index (χ2n) is 6.86. The van der Waals surface area contributed by atoms with Crippen LogP contribution in [-0.4, -0.2) is 10.5 Å². The number of aromatic nitrogens is 1. The van der Waals surface area contributed by atoms with Crippen molar-refractivity contribution in [2.24, 2.45) is 0 Å². The average molecular weight is 355 g/mol. The van der Waals surface area contributed by atoms with Crippen molar-refractivity contribution in [1.29, 1.82) is 5.26 Å². The van der Waals surface area contributed by atoms with Gasteiger partial charge in [0.25, 0.3) is 0 Å². The Morgan fingerprint density at radius 1 is 1.19 bits per heavy atom. The van der Waals surface area contributed by atoms with Gasteiger partial charge in [-0.3, -0.25) is 4.79 Å². The molecule has 0 saturated heterocycles. The first-order valence-corrected chi connectivity index (χ1v) is 9.30. The molecule has 4 nitrogen and oxygen atoms in total. The quantitative estimate of drug-likeness (QED) is 0.675. The van der Waals surface area contributed by atoms with Crippen LogP contribution >= 0.6 is 0 Å². The Morgan fingerprint density at radius 3 is 2.93 bits per heavy atom. The smallest absolute Gasteiger partial charge is 0.248 e. The number of amides is 1. The van der Waals surface area contributed by atoms with Crippen molar-refractivity contribution in [1.82, 2.24) is 4.57 Å². The number of hydrogen-bond acceptors (Lipinski definition) is 2. The predicted octanol–water partition coefficient (Wildman–Crippen LogP) is 4.70. The molecule has 134 valence electrons. The van der Waals surface area contributed by atoms with E-state index < -0.39 is 0 Å². The molecule has 0 bridgehead atoms. The zero-order valence-corrected chi connectivity index (χ0v) is 15.1. The van der Waals surface area contributed by atoms with E-state index in [0.717, 1.165) is 35.0 Å². The highest BCUT2D eigenvalue weighted by molar-refractivity contribution is 6.03. The van der Waals surface area contributed by atoms with E-state index in [9.17, 15) is 4.79 Å². The van der Waals surface area contributed by atoms with Gasteiger partial charge in [0.15, 0.2) is 0 Å². The first-order valence-electron chi connectivity index (χ1n) is 9.30. The lowest BCUT2D eigenvalue weighted by Gasteiger charge is -2.05. The third kappa shape index (κ3) is 3.63. The Balaban J connectivity index is 1.52. The van der Waals surface area contributed by atoms with E-state index in [4.69, 9.17) is 5.26 Å². The molecule has 4 heteroatoms. The molecule has 0 saturated carbocycles. The van der Waals surface area contributed by atoms with Crippen LogP contribution in [0.25, 0.3) is 17.0 Å². The summed E-state index contributed by atoms with van der Waals surface area (Å²) >= 11 is 0. The number of nitrogens with zero attached hydrogens (tertiary/aromatic N) is 2. The van der Waals surface area contributed by atoms with Gasteiger partial charge >= 0.3 is 0 Å². The normalized spacial score (nSPS) is 13.0. The van der Waals surface area contributed by atoms with Gasteiger partial charge in [0.05, 0.1) is 12.5 Å². The number of para-hydroxylation sites is 1. The first-order chi connectivity index (χ1) is 13.2. The molecule has 1 aliphatic rings. The highest BCUT2D eigenvalue weighted by Crippen LogP contribution is 2.25. The van der Waals surface area contributed by atoms with E-state index >= 15 is 0 Å². The molecular formula is C23H21N3O. The summed E-state index contributed by atoms with van der Waals surface area (Å²) in [5.74, 6) is -0.137. The van der Waals surface area contributed by atoms with Crippen LogP contribution in [0.15, 0.2) is 54.7 Å². The highest BCUT2D eigenvalue weighted by atomic mass is 16.1. The van der Waals surface area contributed by atoms with Gasteiger partial charge in [-0.25, -0.2) is 0 Å². The van der Waals surface area contributed by atoms with E-state index in [0.29, 0.717) is 13.0 Å². The third-order valence-electron chi connectivity index (χ3n) is 5.06. The van der Waals surface area contributed by atoms with E-state index in [1.165, 1.54) is 17.5 Å². The summed E-state index contributed by atoms with van der Waals surface area (Å²) in [6.45, 7) is 0.645. The van der Waals surface area contributed by atoms with Crippen molar-refractivity contribution >= 4 is 28.6 Å². The van der Waals surface area contributed by atoms with Crippen LogP contribution in [0.2, 0.25) is 0 Å². The largest absolute Gasteiger partial charge is 0.346 e. The summed E-state index contributed by atoms with van der Waals surface area (Å²) in [5, 5.41) is 12.9.